The third kappa shape index (κ3) is 2.84. The highest BCUT2D eigenvalue weighted by Crippen LogP contribution is 2.34. The third-order valence-electron chi connectivity index (χ3n) is 2.93. The van der Waals surface area contributed by atoms with E-state index in [1.54, 1.807) is 13.2 Å². The molecule has 21 heavy (non-hydrogen) atoms. The first-order valence-electron chi connectivity index (χ1n) is 6.03. The molecule has 0 aliphatic rings. The fraction of sp³-hybridized carbons (Fsp3) is 0.0714. The Hall–Kier alpha value is -1.73. The lowest BCUT2D eigenvalue weighted by Gasteiger charge is -2.04. The number of nitrogens with one attached hydrogen (secondary N) is 1. The molecule has 0 saturated heterocycles. The lowest BCUT2D eigenvalue weighted by atomic mass is 10.3. The van der Waals surface area contributed by atoms with Gasteiger partial charge in [0, 0.05) is 16.6 Å². The Labute approximate surface area is 133 Å². The van der Waals surface area contributed by atoms with Gasteiger partial charge in [-0.2, -0.15) is 0 Å². The van der Waals surface area contributed by atoms with Crippen LogP contribution in [0.15, 0.2) is 44.9 Å². The Morgan fingerprint density at radius 3 is 2.90 bits per heavy atom. The number of ether oxygens (including phenoxy) is 1. The van der Waals surface area contributed by atoms with Gasteiger partial charge < -0.3 is 15.5 Å². The highest BCUT2D eigenvalue weighted by molar-refractivity contribution is 9.10. The van der Waals surface area contributed by atoms with Crippen molar-refractivity contribution in [3.05, 3.63) is 40.6 Å². The molecule has 3 aromatic rings. The molecule has 108 valence electrons. The van der Waals surface area contributed by atoms with Crippen molar-refractivity contribution in [3.63, 3.8) is 0 Å². The Morgan fingerprint density at radius 2 is 2.14 bits per heavy atom. The quantitative estimate of drug-likeness (QED) is 0.680. The van der Waals surface area contributed by atoms with Crippen molar-refractivity contribution in [1.82, 2.24) is 9.97 Å². The van der Waals surface area contributed by atoms with Gasteiger partial charge in [-0.05, 0) is 52.0 Å². The second-order valence-corrected chi connectivity index (χ2v) is 6.22. The smallest absolute Gasteiger partial charge is 0.171 e. The van der Waals surface area contributed by atoms with E-state index in [1.165, 1.54) is 17.8 Å². The summed E-state index contributed by atoms with van der Waals surface area (Å²) in [6.07, 6.45) is 0. The highest BCUT2D eigenvalue weighted by atomic mass is 79.9. The van der Waals surface area contributed by atoms with Crippen molar-refractivity contribution in [3.8, 4) is 5.75 Å². The van der Waals surface area contributed by atoms with Crippen LogP contribution in [0.25, 0.3) is 11.0 Å². The van der Waals surface area contributed by atoms with Gasteiger partial charge in [-0.1, -0.05) is 0 Å². The van der Waals surface area contributed by atoms with E-state index in [0.717, 1.165) is 16.8 Å². The van der Waals surface area contributed by atoms with Crippen molar-refractivity contribution in [1.29, 1.82) is 0 Å². The van der Waals surface area contributed by atoms with Crippen LogP contribution in [0.2, 0.25) is 0 Å². The van der Waals surface area contributed by atoms with Gasteiger partial charge in [-0.15, -0.1) is 0 Å². The van der Waals surface area contributed by atoms with Gasteiger partial charge in [0.25, 0.3) is 0 Å². The van der Waals surface area contributed by atoms with Gasteiger partial charge in [0.05, 0.1) is 22.6 Å². The van der Waals surface area contributed by atoms with Crippen LogP contribution in [0, 0.1) is 5.82 Å². The van der Waals surface area contributed by atoms with Gasteiger partial charge in [-0.3, -0.25) is 0 Å². The van der Waals surface area contributed by atoms with E-state index in [-0.39, 0.29) is 5.82 Å². The molecule has 0 atom stereocenters. The normalized spacial score (nSPS) is 11.0. The fourth-order valence-electron chi connectivity index (χ4n) is 1.88. The molecule has 0 aliphatic carbocycles. The average Bonchev–Trinajstić information content (AvgIpc) is 2.85. The van der Waals surface area contributed by atoms with Crippen LogP contribution >= 0.6 is 27.7 Å². The van der Waals surface area contributed by atoms with Gasteiger partial charge in [0.1, 0.15) is 11.6 Å². The molecule has 3 rings (SSSR count). The highest BCUT2D eigenvalue weighted by Gasteiger charge is 2.11. The van der Waals surface area contributed by atoms with Crippen molar-refractivity contribution in [2.75, 3.05) is 12.8 Å². The molecule has 0 fully saturated rings. The standard InChI is InChI=1S/C14H11BrFN3OS/c1-20-7-2-3-11-12(4-7)19-14(18-11)21-13-6-9(16)8(15)5-10(13)17/h2-6H,17H2,1H3,(H,18,19). The number of aromatic nitrogens is 2. The minimum absolute atomic E-state index is 0.346. The van der Waals surface area contributed by atoms with E-state index in [0.29, 0.717) is 20.2 Å². The lowest BCUT2D eigenvalue weighted by Crippen LogP contribution is -1.91. The number of imidazole rings is 1. The summed E-state index contributed by atoms with van der Waals surface area (Å²) in [5.74, 6) is 0.390. The predicted octanol–water partition coefficient (Wildman–Crippen LogP) is 4.21. The molecule has 7 heteroatoms. The number of benzene rings is 2. The Balaban J connectivity index is 1.96. The third-order valence-corrected chi connectivity index (χ3v) is 4.49. The zero-order valence-corrected chi connectivity index (χ0v) is 13.4. The number of fused-ring (bicyclic) bond motifs is 1. The van der Waals surface area contributed by atoms with Crippen LogP contribution in [-0.2, 0) is 0 Å². The topological polar surface area (TPSA) is 63.9 Å². The first kappa shape index (κ1) is 14.2. The van der Waals surface area contributed by atoms with Crippen molar-refractivity contribution < 1.29 is 9.13 Å². The minimum atomic E-state index is -0.357. The average molecular weight is 368 g/mol. The molecular formula is C14H11BrFN3OS. The molecule has 4 nitrogen and oxygen atoms in total. The molecule has 1 aromatic heterocycles. The largest absolute Gasteiger partial charge is 0.497 e. The Kier molecular flexibility index (Phi) is 3.77. The zero-order chi connectivity index (χ0) is 15.0. The summed E-state index contributed by atoms with van der Waals surface area (Å²) in [7, 11) is 1.61. The lowest BCUT2D eigenvalue weighted by molar-refractivity contribution is 0.415. The summed E-state index contributed by atoms with van der Waals surface area (Å²) in [4.78, 5) is 8.21. The zero-order valence-electron chi connectivity index (χ0n) is 11.0. The molecule has 0 spiro atoms. The van der Waals surface area contributed by atoms with E-state index in [2.05, 4.69) is 25.9 Å². The number of aromatic amines is 1. The summed E-state index contributed by atoms with van der Waals surface area (Å²) in [5, 5.41) is 0.645. The number of rotatable bonds is 3. The number of nitrogen functional groups attached to an aromatic ring is 1. The summed E-state index contributed by atoms with van der Waals surface area (Å²) >= 11 is 4.39. The first-order chi connectivity index (χ1) is 10.1. The van der Waals surface area contributed by atoms with Crippen molar-refractivity contribution in [2.45, 2.75) is 10.1 Å². The van der Waals surface area contributed by atoms with Gasteiger partial charge in [0.15, 0.2) is 5.16 Å². The van der Waals surface area contributed by atoms with Gasteiger partial charge in [0.2, 0.25) is 0 Å². The number of anilines is 1. The van der Waals surface area contributed by atoms with Crippen LogP contribution in [-0.4, -0.2) is 17.1 Å². The molecular weight excluding hydrogens is 357 g/mol. The maximum atomic E-state index is 13.6. The number of halogens is 2. The molecule has 0 saturated carbocycles. The van der Waals surface area contributed by atoms with Crippen LogP contribution in [0.3, 0.4) is 0 Å². The van der Waals surface area contributed by atoms with Crippen LogP contribution in [0.1, 0.15) is 0 Å². The van der Waals surface area contributed by atoms with Crippen molar-refractivity contribution in [2.24, 2.45) is 0 Å². The van der Waals surface area contributed by atoms with Gasteiger partial charge in [-0.25, -0.2) is 9.37 Å². The number of hydrogen-bond acceptors (Lipinski definition) is 4. The molecule has 0 unspecified atom stereocenters. The molecule has 0 radical (unpaired) electrons. The fourth-order valence-corrected chi connectivity index (χ4v) is 3.09. The maximum absolute atomic E-state index is 13.6. The van der Waals surface area contributed by atoms with E-state index < -0.39 is 0 Å². The minimum Gasteiger partial charge on any atom is -0.497 e. The number of nitrogens with zero attached hydrogens (tertiary/aromatic N) is 1. The number of methoxy groups -OCH3 is 1. The monoisotopic (exact) mass is 367 g/mol. The molecule has 3 N–H and O–H groups in total. The first-order valence-corrected chi connectivity index (χ1v) is 7.64. The van der Waals surface area contributed by atoms with E-state index in [9.17, 15) is 4.39 Å². The SMILES string of the molecule is COc1ccc2nc(Sc3cc(F)c(Br)cc3N)[nH]c2c1. The second-order valence-electron chi connectivity index (χ2n) is 4.33. The molecule has 0 aliphatic heterocycles. The summed E-state index contributed by atoms with van der Waals surface area (Å²) in [6, 6.07) is 8.49. The van der Waals surface area contributed by atoms with E-state index in [4.69, 9.17) is 10.5 Å². The van der Waals surface area contributed by atoms with E-state index in [1.807, 2.05) is 18.2 Å². The number of nitrogens with two attached hydrogens (primary N) is 1. The molecule has 1 heterocycles. The van der Waals surface area contributed by atoms with Crippen LogP contribution < -0.4 is 10.5 Å². The molecule has 0 bridgehead atoms. The van der Waals surface area contributed by atoms with Crippen molar-refractivity contribution >= 4 is 44.4 Å². The van der Waals surface area contributed by atoms with Crippen LogP contribution in [0.5, 0.6) is 5.75 Å². The Bertz CT molecular complexity index is 821. The van der Waals surface area contributed by atoms with Gasteiger partial charge >= 0.3 is 0 Å². The number of H-pyrrole nitrogens is 1. The maximum Gasteiger partial charge on any atom is 0.171 e. The van der Waals surface area contributed by atoms with Crippen LogP contribution in [0.4, 0.5) is 10.1 Å². The number of hydrogen-bond donors (Lipinski definition) is 2. The molecule has 2 aromatic carbocycles. The summed E-state index contributed by atoms with van der Waals surface area (Å²) < 4.78 is 19.1. The summed E-state index contributed by atoms with van der Waals surface area (Å²) in [5.41, 5.74) is 8.06. The Morgan fingerprint density at radius 1 is 1.33 bits per heavy atom. The predicted molar refractivity (Wildman–Crippen MR) is 85.3 cm³/mol. The summed E-state index contributed by atoms with van der Waals surface area (Å²) in [6.45, 7) is 0. The van der Waals surface area contributed by atoms with E-state index >= 15 is 0 Å². The second kappa shape index (κ2) is 5.57. The molecule has 0 amide bonds.